The van der Waals surface area contributed by atoms with Gasteiger partial charge in [-0.15, -0.1) is 0 Å². The SMILES string of the molecule is CC(C)=C1N=CCC=C1C(C)C. The highest BCUT2D eigenvalue weighted by Crippen LogP contribution is 2.25. The van der Waals surface area contributed by atoms with Crippen molar-refractivity contribution in [1.29, 1.82) is 0 Å². The van der Waals surface area contributed by atoms with Gasteiger partial charge in [0, 0.05) is 12.6 Å². The number of aliphatic imine (C=N–C) groups is 1. The van der Waals surface area contributed by atoms with E-state index in [0.717, 1.165) is 6.42 Å². The summed E-state index contributed by atoms with van der Waals surface area (Å²) in [6.45, 7) is 8.67. The molecule has 0 N–H and O–H groups in total. The van der Waals surface area contributed by atoms with Gasteiger partial charge in [-0.1, -0.05) is 25.5 Å². The van der Waals surface area contributed by atoms with E-state index in [2.05, 4.69) is 38.8 Å². The van der Waals surface area contributed by atoms with Crippen LogP contribution < -0.4 is 0 Å². The van der Waals surface area contributed by atoms with Crippen LogP contribution in [-0.2, 0) is 0 Å². The molecule has 1 aliphatic rings. The topological polar surface area (TPSA) is 12.4 Å². The fourth-order valence-corrected chi connectivity index (χ4v) is 1.42. The number of hydrogen-bond donors (Lipinski definition) is 0. The van der Waals surface area contributed by atoms with Gasteiger partial charge in [-0.25, -0.2) is 0 Å². The molecule has 0 aromatic carbocycles. The predicted octanol–water partition coefficient (Wildman–Crippen LogP) is 3.34. The second kappa shape index (κ2) is 3.70. The van der Waals surface area contributed by atoms with E-state index in [0.29, 0.717) is 5.92 Å². The fraction of sp³-hybridized carbons (Fsp3) is 0.545. The lowest BCUT2D eigenvalue weighted by Crippen LogP contribution is -2.02. The van der Waals surface area contributed by atoms with E-state index in [-0.39, 0.29) is 0 Å². The van der Waals surface area contributed by atoms with Crippen molar-refractivity contribution >= 4 is 6.21 Å². The minimum absolute atomic E-state index is 0.590. The van der Waals surface area contributed by atoms with Gasteiger partial charge in [0.1, 0.15) is 0 Å². The number of rotatable bonds is 1. The number of hydrogen-bond acceptors (Lipinski definition) is 1. The summed E-state index contributed by atoms with van der Waals surface area (Å²) in [4.78, 5) is 4.42. The Hall–Kier alpha value is -0.850. The van der Waals surface area contributed by atoms with Crippen molar-refractivity contribution in [2.45, 2.75) is 34.1 Å². The van der Waals surface area contributed by atoms with Crippen molar-refractivity contribution in [3.05, 3.63) is 22.9 Å². The molecule has 0 saturated heterocycles. The van der Waals surface area contributed by atoms with Crippen LogP contribution in [0.4, 0.5) is 0 Å². The third kappa shape index (κ3) is 1.84. The van der Waals surface area contributed by atoms with Gasteiger partial charge in [0.2, 0.25) is 0 Å². The van der Waals surface area contributed by atoms with Gasteiger partial charge in [-0.3, -0.25) is 4.99 Å². The molecule has 0 aliphatic carbocycles. The second-order valence-electron chi connectivity index (χ2n) is 3.71. The molecule has 1 nitrogen and oxygen atoms in total. The van der Waals surface area contributed by atoms with Gasteiger partial charge in [0.05, 0.1) is 5.70 Å². The van der Waals surface area contributed by atoms with E-state index < -0.39 is 0 Å². The van der Waals surface area contributed by atoms with E-state index >= 15 is 0 Å². The Labute approximate surface area is 74.9 Å². The smallest absolute Gasteiger partial charge is 0.0643 e. The fourth-order valence-electron chi connectivity index (χ4n) is 1.42. The number of dihydropyridines is 1. The first-order chi connectivity index (χ1) is 5.63. The summed E-state index contributed by atoms with van der Waals surface area (Å²) in [7, 11) is 0. The molecule has 0 saturated carbocycles. The van der Waals surface area contributed by atoms with Gasteiger partial charge in [-0.05, 0) is 25.3 Å². The molecule has 0 aromatic heterocycles. The van der Waals surface area contributed by atoms with Crippen LogP contribution in [-0.4, -0.2) is 6.21 Å². The van der Waals surface area contributed by atoms with Crippen LogP contribution in [0.3, 0.4) is 0 Å². The molecule has 0 atom stereocenters. The van der Waals surface area contributed by atoms with Crippen LogP contribution in [0, 0.1) is 5.92 Å². The third-order valence-electron chi connectivity index (χ3n) is 2.03. The highest BCUT2D eigenvalue weighted by atomic mass is 14.7. The van der Waals surface area contributed by atoms with Crippen LogP contribution in [0.5, 0.6) is 0 Å². The molecular formula is C11H17N. The Kier molecular flexibility index (Phi) is 2.85. The zero-order chi connectivity index (χ0) is 9.14. The van der Waals surface area contributed by atoms with Crippen LogP contribution >= 0.6 is 0 Å². The average molecular weight is 163 g/mol. The first-order valence-electron chi connectivity index (χ1n) is 4.53. The predicted molar refractivity (Wildman–Crippen MR) is 54.4 cm³/mol. The van der Waals surface area contributed by atoms with Crippen LogP contribution in [0.1, 0.15) is 34.1 Å². The van der Waals surface area contributed by atoms with Crippen molar-refractivity contribution in [3.63, 3.8) is 0 Å². The highest BCUT2D eigenvalue weighted by Gasteiger charge is 2.11. The summed E-state index contributed by atoms with van der Waals surface area (Å²) < 4.78 is 0. The van der Waals surface area contributed by atoms with Crippen LogP contribution in [0.25, 0.3) is 0 Å². The van der Waals surface area contributed by atoms with Gasteiger partial charge >= 0.3 is 0 Å². The molecule has 1 heterocycles. The first kappa shape index (κ1) is 9.24. The average Bonchev–Trinajstić information content (AvgIpc) is 2.04. The summed E-state index contributed by atoms with van der Waals surface area (Å²) >= 11 is 0. The lowest BCUT2D eigenvalue weighted by atomic mass is 9.95. The Bertz CT molecular complexity index is 250. The lowest BCUT2D eigenvalue weighted by molar-refractivity contribution is 0.764. The molecule has 66 valence electrons. The van der Waals surface area contributed by atoms with Gasteiger partial charge in [0.25, 0.3) is 0 Å². The van der Waals surface area contributed by atoms with Crippen molar-refractivity contribution < 1.29 is 0 Å². The van der Waals surface area contributed by atoms with E-state index in [4.69, 9.17) is 0 Å². The Morgan fingerprint density at radius 1 is 1.42 bits per heavy atom. The summed E-state index contributed by atoms with van der Waals surface area (Å²) in [6, 6.07) is 0. The zero-order valence-electron chi connectivity index (χ0n) is 8.39. The van der Waals surface area contributed by atoms with Crippen molar-refractivity contribution in [2.24, 2.45) is 10.9 Å². The maximum atomic E-state index is 4.42. The molecular weight excluding hydrogens is 146 g/mol. The van der Waals surface area contributed by atoms with Crippen molar-refractivity contribution in [1.82, 2.24) is 0 Å². The third-order valence-corrected chi connectivity index (χ3v) is 2.03. The monoisotopic (exact) mass is 163 g/mol. The Balaban J connectivity index is 2.99. The first-order valence-corrected chi connectivity index (χ1v) is 4.53. The van der Waals surface area contributed by atoms with Crippen molar-refractivity contribution in [3.8, 4) is 0 Å². The second-order valence-corrected chi connectivity index (χ2v) is 3.71. The summed E-state index contributed by atoms with van der Waals surface area (Å²) in [6.07, 6.45) is 5.25. The van der Waals surface area contributed by atoms with Crippen LogP contribution in [0.2, 0.25) is 0 Å². The van der Waals surface area contributed by atoms with E-state index in [1.54, 1.807) is 0 Å². The van der Waals surface area contributed by atoms with Gasteiger partial charge in [0.15, 0.2) is 0 Å². The van der Waals surface area contributed by atoms with E-state index in [9.17, 15) is 0 Å². The quantitative estimate of drug-likeness (QED) is 0.562. The summed E-state index contributed by atoms with van der Waals surface area (Å²) in [5.74, 6) is 0.590. The zero-order valence-corrected chi connectivity index (χ0v) is 8.39. The molecule has 0 aromatic rings. The normalized spacial score (nSPS) is 16.8. The highest BCUT2D eigenvalue weighted by molar-refractivity contribution is 5.66. The maximum absolute atomic E-state index is 4.42. The van der Waals surface area contributed by atoms with E-state index in [1.807, 2.05) is 6.21 Å². The molecule has 0 spiro atoms. The molecule has 0 unspecified atom stereocenters. The standard InChI is InChI=1S/C11H17N/c1-8(2)10-6-5-7-12-11(10)9(3)4/h6-8H,5H2,1-4H3. The van der Waals surface area contributed by atoms with E-state index in [1.165, 1.54) is 16.8 Å². The van der Waals surface area contributed by atoms with Gasteiger partial charge < -0.3 is 0 Å². The number of nitrogens with zero attached hydrogens (tertiary/aromatic N) is 1. The minimum Gasteiger partial charge on any atom is -0.261 e. The summed E-state index contributed by atoms with van der Waals surface area (Å²) in [5, 5.41) is 0. The largest absolute Gasteiger partial charge is 0.261 e. The summed E-state index contributed by atoms with van der Waals surface area (Å²) in [5.41, 5.74) is 3.90. The lowest BCUT2D eigenvalue weighted by Gasteiger charge is -2.16. The molecule has 0 amide bonds. The van der Waals surface area contributed by atoms with Crippen molar-refractivity contribution in [2.75, 3.05) is 0 Å². The molecule has 0 fully saturated rings. The molecule has 12 heavy (non-hydrogen) atoms. The van der Waals surface area contributed by atoms with Gasteiger partial charge in [-0.2, -0.15) is 0 Å². The number of allylic oxidation sites excluding steroid dienone is 3. The Morgan fingerprint density at radius 2 is 2.08 bits per heavy atom. The molecule has 0 bridgehead atoms. The molecule has 1 aliphatic heterocycles. The molecule has 1 heteroatoms. The Morgan fingerprint density at radius 3 is 2.50 bits per heavy atom. The minimum atomic E-state index is 0.590. The van der Waals surface area contributed by atoms with Crippen LogP contribution in [0.15, 0.2) is 27.9 Å². The molecule has 0 radical (unpaired) electrons. The maximum Gasteiger partial charge on any atom is 0.0643 e. The molecule has 1 rings (SSSR count).